The van der Waals surface area contributed by atoms with Gasteiger partial charge in [-0.05, 0) is 0 Å². The van der Waals surface area contributed by atoms with Crippen LogP contribution in [-0.4, -0.2) is 18.7 Å². The molecule has 4 heteroatoms. The number of rotatable bonds is 7. The molecule has 0 unspecified atom stereocenters. The quantitative estimate of drug-likeness (QED) is 0.388. The summed E-state index contributed by atoms with van der Waals surface area (Å²) < 4.78 is 5.25. The standard InChI is InChI=1S/C23H24BrO2P/c1-2-26-23(25)18-19-27(24,20-12-6-3-7-13-20,21-14-8-4-9-15-21)22-16-10-5-11-17-22/h3-17H,2,18-19H2,1H3. The van der Waals surface area contributed by atoms with Crippen molar-refractivity contribution in [2.45, 2.75) is 13.3 Å². The molecular formula is C23H24BrO2P. The fraction of sp³-hybridized carbons (Fsp3) is 0.174. The molecule has 3 aromatic carbocycles. The van der Waals surface area contributed by atoms with E-state index >= 15 is 0 Å². The zero-order valence-corrected chi connectivity index (χ0v) is 17.9. The van der Waals surface area contributed by atoms with Crippen molar-refractivity contribution in [3.63, 3.8) is 0 Å². The van der Waals surface area contributed by atoms with Crippen LogP contribution in [0.5, 0.6) is 0 Å². The van der Waals surface area contributed by atoms with Crippen molar-refractivity contribution in [1.82, 2.24) is 0 Å². The van der Waals surface area contributed by atoms with Crippen molar-refractivity contribution < 1.29 is 9.53 Å². The molecule has 0 saturated carbocycles. The molecule has 0 heterocycles. The number of hydrogen-bond acceptors (Lipinski definition) is 2. The molecular weight excluding hydrogens is 419 g/mol. The Morgan fingerprint density at radius 3 is 1.48 bits per heavy atom. The van der Waals surface area contributed by atoms with Gasteiger partial charge in [-0.1, -0.05) is 0 Å². The van der Waals surface area contributed by atoms with Gasteiger partial charge in [-0.25, -0.2) is 0 Å². The molecule has 0 aliphatic carbocycles. The van der Waals surface area contributed by atoms with E-state index in [9.17, 15) is 4.79 Å². The third-order valence-electron chi connectivity index (χ3n) is 4.92. The van der Waals surface area contributed by atoms with Gasteiger partial charge >= 0.3 is 169 Å². The van der Waals surface area contributed by atoms with E-state index in [1.165, 1.54) is 15.9 Å². The second-order valence-corrected chi connectivity index (χ2v) is 15.5. The molecule has 0 N–H and O–H groups in total. The summed E-state index contributed by atoms with van der Waals surface area (Å²) in [5.41, 5.74) is 0. The number of halogens is 1. The minimum atomic E-state index is -3.02. The second kappa shape index (κ2) is 8.37. The Morgan fingerprint density at radius 1 is 0.778 bits per heavy atom. The second-order valence-electron chi connectivity index (χ2n) is 6.47. The molecule has 140 valence electrons. The fourth-order valence-electron chi connectivity index (χ4n) is 3.59. The SMILES string of the molecule is CCOC(=O)CCP(Br)(c1ccccc1)(c1ccccc1)c1ccccc1. The Labute approximate surface area is 169 Å². The third kappa shape index (κ3) is 3.72. The van der Waals surface area contributed by atoms with Crippen LogP contribution in [0.4, 0.5) is 0 Å². The van der Waals surface area contributed by atoms with Crippen LogP contribution in [0.15, 0.2) is 91.0 Å². The molecule has 0 aliphatic heterocycles. The van der Waals surface area contributed by atoms with Gasteiger partial charge in [-0.3, -0.25) is 0 Å². The van der Waals surface area contributed by atoms with Gasteiger partial charge in [0.05, 0.1) is 0 Å². The first-order valence-electron chi connectivity index (χ1n) is 9.15. The number of benzene rings is 3. The van der Waals surface area contributed by atoms with E-state index in [0.717, 1.165) is 0 Å². The third-order valence-corrected chi connectivity index (χ3v) is 14.9. The summed E-state index contributed by atoms with van der Waals surface area (Å²) in [6.45, 7) is 2.25. The molecule has 0 spiro atoms. The number of carbonyl (C=O) groups excluding carboxylic acids is 1. The normalized spacial score (nSPS) is 12.7. The van der Waals surface area contributed by atoms with Crippen LogP contribution in [-0.2, 0) is 9.53 Å². The summed E-state index contributed by atoms with van der Waals surface area (Å²) in [4.78, 5) is 12.3. The number of hydrogen-bond donors (Lipinski definition) is 0. The molecule has 0 aliphatic rings. The average molecular weight is 443 g/mol. The molecule has 0 atom stereocenters. The summed E-state index contributed by atoms with van der Waals surface area (Å²) >= 11 is 4.32. The van der Waals surface area contributed by atoms with Gasteiger partial charge in [-0.2, -0.15) is 0 Å². The summed E-state index contributed by atoms with van der Waals surface area (Å²) in [7, 11) is 0. The average Bonchev–Trinajstić information content (AvgIpc) is 2.74. The minimum absolute atomic E-state index is 0.159. The first-order chi connectivity index (χ1) is 13.1. The molecule has 0 bridgehead atoms. The van der Waals surface area contributed by atoms with Crippen molar-refractivity contribution >= 4 is 42.7 Å². The Hall–Kier alpha value is -1.96. The van der Waals surface area contributed by atoms with Gasteiger partial charge in [0.25, 0.3) is 0 Å². The van der Waals surface area contributed by atoms with Crippen molar-refractivity contribution in [3.8, 4) is 0 Å². The Bertz CT molecular complexity index is 783. The first kappa shape index (κ1) is 19.8. The van der Waals surface area contributed by atoms with E-state index < -0.39 is 5.31 Å². The summed E-state index contributed by atoms with van der Waals surface area (Å²) in [6, 6.07) is 31.4. The monoisotopic (exact) mass is 442 g/mol. The van der Waals surface area contributed by atoms with Crippen LogP contribution >= 0.6 is 20.8 Å². The molecule has 0 fully saturated rings. The molecule has 27 heavy (non-hydrogen) atoms. The molecule has 0 aromatic heterocycles. The zero-order valence-electron chi connectivity index (χ0n) is 15.4. The summed E-state index contributed by atoms with van der Waals surface area (Å²) in [5, 5.41) is 0.623. The topological polar surface area (TPSA) is 26.3 Å². The van der Waals surface area contributed by atoms with Crippen LogP contribution in [0.1, 0.15) is 13.3 Å². The van der Waals surface area contributed by atoms with E-state index in [2.05, 4.69) is 88.3 Å². The fourth-order valence-corrected chi connectivity index (χ4v) is 10.9. The van der Waals surface area contributed by atoms with Gasteiger partial charge in [0, 0.05) is 0 Å². The predicted molar refractivity (Wildman–Crippen MR) is 120 cm³/mol. The van der Waals surface area contributed by atoms with Crippen molar-refractivity contribution in [1.29, 1.82) is 0 Å². The molecule has 0 amide bonds. The van der Waals surface area contributed by atoms with E-state index in [1.807, 2.05) is 25.1 Å². The van der Waals surface area contributed by atoms with E-state index in [-0.39, 0.29) is 5.97 Å². The van der Waals surface area contributed by atoms with Gasteiger partial charge < -0.3 is 0 Å². The molecule has 3 aromatic rings. The van der Waals surface area contributed by atoms with Crippen LogP contribution < -0.4 is 15.9 Å². The molecule has 2 nitrogen and oxygen atoms in total. The Morgan fingerprint density at radius 2 is 1.15 bits per heavy atom. The number of carbonyl (C=O) groups is 1. The van der Waals surface area contributed by atoms with Crippen molar-refractivity contribution in [2.24, 2.45) is 0 Å². The Balaban J connectivity index is 2.27. The van der Waals surface area contributed by atoms with Gasteiger partial charge in [0.1, 0.15) is 0 Å². The van der Waals surface area contributed by atoms with Crippen molar-refractivity contribution in [3.05, 3.63) is 91.0 Å². The summed E-state index contributed by atoms with van der Waals surface area (Å²) in [6.07, 6.45) is 1.03. The van der Waals surface area contributed by atoms with Gasteiger partial charge in [0.15, 0.2) is 0 Å². The van der Waals surface area contributed by atoms with Crippen LogP contribution in [0, 0.1) is 0 Å². The Kier molecular flexibility index (Phi) is 6.14. The predicted octanol–water partition coefficient (Wildman–Crippen LogP) is 4.78. The van der Waals surface area contributed by atoms with Gasteiger partial charge in [0.2, 0.25) is 0 Å². The van der Waals surface area contributed by atoms with Crippen molar-refractivity contribution in [2.75, 3.05) is 12.8 Å². The van der Waals surface area contributed by atoms with Gasteiger partial charge in [-0.15, -0.1) is 0 Å². The summed E-state index contributed by atoms with van der Waals surface area (Å²) in [5.74, 6) is -0.159. The maximum absolute atomic E-state index is 12.3. The van der Waals surface area contributed by atoms with E-state index in [0.29, 0.717) is 19.2 Å². The molecule has 0 radical (unpaired) electrons. The van der Waals surface area contributed by atoms with E-state index in [1.54, 1.807) is 0 Å². The van der Waals surface area contributed by atoms with E-state index in [4.69, 9.17) is 4.74 Å². The van der Waals surface area contributed by atoms with Crippen LogP contribution in [0.3, 0.4) is 0 Å². The van der Waals surface area contributed by atoms with Crippen LogP contribution in [0.2, 0.25) is 0 Å². The number of esters is 1. The zero-order chi connectivity index (χ0) is 19.2. The first-order valence-corrected chi connectivity index (χ1v) is 13.6. The van der Waals surface area contributed by atoms with Crippen LogP contribution in [0.25, 0.3) is 0 Å². The molecule has 3 rings (SSSR count). The molecule has 0 saturated heterocycles. The maximum atomic E-state index is 12.3. The number of ether oxygens (including phenoxy) is 1.